The van der Waals surface area contributed by atoms with Gasteiger partial charge in [-0.2, -0.15) is 0 Å². The Morgan fingerprint density at radius 2 is 2.20 bits per heavy atom. The van der Waals surface area contributed by atoms with E-state index in [1.807, 2.05) is 24.3 Å². The number of nitrogens with zero attached hydrogens (tertiary/aromatic N) is 1. The zero-order chi connectivity index (χ0) is 13.7. The van der Waals surface area contributed by atoms with Crippen LogP contribution in [0.25, 0.3) is 0 Å². The van der Waals surface area contributed by atoms with E-state index in [4.69, 9.17) is 0 Å². The van der Waals surface area contributed by atoms with Crippen molar-refractivity contribution in [2.75, 3.05) is 18.4 Å². The largest absolute Gasteiger partial charge is 0.324 e. The molecular formula is C15H22ClIN2O. The number of likely N-dealkylation sites (tertiary alicyclic amines) is 1. The molecule has 3 nitrogen and oxygen atoms in total. The molecule has 1 saturated heterocycles. The molecule has 0 aromatic heterocycles. The minimum Gasteiger partial charge on any atom is -0.324 e. The zero-order valence-corrected chi connectivity index (χ0v) is 14.7. The van der Waals surface area contributed by atoms with Crippen LogP contribution in [-0.2, 0) is 4.79 Å². The van der Waals surface area contributed by atoms with E-state index in [1.54, 1.807) is 0 Å². The molecule has 1 fully saturated rings. The second-order valence-electron chi connectivity index (χ2n) is 5.02. The minimum atomic E-state index is 0. The van der Waals surface area contributed by atoms with Crippen molar-refractivity contribution in [2.45, 2.75) is 38.6 Å². The quantitative estimate of drug-likeness (QED) is 0.749. The fraction of sp³-hybridized carbons (Fsp3) is 0.533. The molecule has 0 aliphatic carbocycles. The Labute approximate surface area is 141 Å². The third-order valence-corrected chi connectivity index (χ3v) is 4.54. The highest BCUT2D eigenvalue weighted by Gasteiger charge is 2.30. The maximum absolute atomic E-state index is 12.4. The SMILES string of the molecule is CCCCN1CCCC1C(=O)Nc1ccccc1I.Cl. The summed E-state index contributed by atoms with van der Waals surface area (Å²) >= 11 is 2.26. The summed E-state index contributed by atoms with van der Waals surface area (Å²) in [4.78, 5) is 14.7. The number of anilines is 1. The molecule has 1 amide bonds. The van der Waals surface area contributed by atoms with Gasteiger partial charge in [0.1, 0.15) is 0 Å². The number of hydrogen-bond acceptors (Lipinski definition) is 2. The van der Waals surface area contributed by atoms with Crippen molar-refractivity contribution in [3.63, 3.8) is 0 Å². The molecule has 20 heavy (non-hydrogen) atoms. The highest BCUT2D eigenvalue weighted by Crippen LogP contribution is 2.22. The maximum atomic E-state index is 12.4. The number of carbonyl (C=O) groups is 1. The number of amides is 1. The van der Waals surface area contributed by atoms with Crippen molar-refractivity contribution in [1.82, 2.24) is 4.90 Å². The van der Waals surface area contributed by atoms with Gasteiger partial charge in [0.2, 0.25) is 5.91 Å². The molecule has 0 spiro atoms. The van der Waals surface area contributed by atoms with Crippen LogP contribution in [0.4, 0.5) is 5.69 Å². The lowest BCUT2D eigenvalue weighted by atomic mass is 10.2. The van der Waals surface area contributed by atoms with Crippen LogP contribution in [0.15, 0.2) is 24.3 Å². The van der Waals surface area contributed by atoms with Gasteiger partial charge >= 0.3 is 0 Å². The van der Waals surface area contributed by atoms with E-state index in [1.165, 1.54) is 12.8 Å². The maximum Gasteiger partial charge on any atom is 0.241 e. The van der Waals surface area contributed by atoms with Crippen molar-refractivity contribution >= 4 is 46.6 Å². The van der Waals surface area contributed by atoms with Crippen LogP contribution in [0.1, 0.15) is 32.6 Å². The Kier molecular flexibility index (Phi) is 7.84. The molecule has 0 radical (unpaired) electrons. The lowest BCUT2D eigenvalue weighted by Gasteiger charge is -2.23. The van der Waals surface area contributed by atoms with Gasteiger partial charge in [-0.15, -0.1) is 12.4 Å². The van der Waals surface area contributed by atoms with Gasteiger partial charge < -0.3 is 5.32 Å². The lowest BCUT2D eigenvalue weighted by Crippen LogP contribution is -2.40. The molecular weight excluding hydrogens is 387 g/mol. The highest BCUT2D eigenvalue weighted by atomic mass is 127. The van der Waals surface area contributed by atoms with Gasteiger partial charge in [-0.1, -0.05) is 25.5 Å². The summed E-state index contributed by atoms with van der Waals surface area (Å²) in [6.07, 6.45) is 4.47. The summed E-state index contributed by atoms with van der Waals surface area (Å²) in [6, 6.07) is 7.98. The van der Waals surface area contributed by atoms with E-state index in [0.29, 0.717) is 0 Å². The number of unbranched alkanes of at least 4 members (excludes halogenated alkanes) is 1. The summed E-state index contributed by atoms with van der Waals surface area (Å²) in [7, 11) is 0. The average molecular weight is 409 g/mol. The third-order valence-electron chi connectivity index (χ3n) is 3.60. The Balaban J connectivity index is 0.00000200. The minimum absolute atomic E-state index is 0. The smallest absolute Gasteiger partial charge is 0.241 e. The number of para-hydroxylation sites is 1. The first-order chi connectivity index (χ1) is 9.22. The molecule has 5 heteroatoms. The molecule has 1 atom stereocenters. The molecule has 112 valence electrons. The van der Waals surface area contributed by atoms with Gasteiger partial charge in [-0.05, 0) is 67.1 Å². The molecule has 1 N–H and O–H groups in total. The molecule has 1 aliphatic heterocycles. The first kappa shape index (κ1) is 17.7. The number of nitrogens with one attached hydrogen (secondary N) is 1. The molecule has 1 unspecified atom stereocenters. The first-order valence-electron chi connectivity index (χ1n) is 7.02. The number of halogens is 2. The zero-order valence-electron chi connectivity index (χ0n) is 11.8. The molecule has 1 heterocycles. The fourth-order valence-electron chi connectivity index (χ4n) is 2.53. The van der Waals surface area contributed by atoms with Crippen LogP contribution < -0.4 is 5.32 Å². The second kappa shape index (κ2) is 8.85. The van der Waals surface area contributed by atoms with E-state index < -0.39 is 0 Å². The monoisotopic (exact) mass is 408 g/mol. The molecule has 2 rings (SSSR count). The van der Waals surface area contributed by atoms with Gasteiger partial charge in [0.15, 0.2) is 0 Å². The van der Waals surface area contributed by atoms with Gasteiger partial charge in [-0.3, -0.25) is 9.69 Å². The fourth-order valence-corrected chi connectivity index (χ4v) is 3.05. The van der Waals surface area contributed by atoms with Crippen LogP contribution in [0, 0.1) is 3.57 Å². The predicted molar refractivity (Wildman–Crippen MR) is 94.5 cm³/mol. The summed E-state index contributed by atoms with van der Waals surface area (Å²) < 4.78 is 1.09. The predicted octanol–water partition coefficient (Wildman–Crippen LogP) is 3.92. The van der Waals surface area contributed by atoms with Crippen LogP contribution >= 0.6 is 35.0 Å². The second-order valence-corrected chi connectivity index (χ2v) is 6.18. The van der Waals surface area contributed by atoms with E-state index in [2.05, 4.69) is 39.7 Å². The molecule has 1 aromatic carbocycles. The number of carbonyl (C=O) groups excluding carboxylic acids is 1. The first-order valence-corrected chi connectivity index (χ1v) is 8.09. The summed E-state index contributed by atoms with van der Waals surface area (Å²) in [5.74, 6) is 0.151. The van der Waals surface area contributed by atoms with E-state index in [0.717, 1.165) is 35.2 Å². The Bertz CT molecular complexity index is 442. The lowest BCUT2D eigenvalue weighted by molar-refractivity contribution is -0.120. The van der Waals surface area contributed by atoms with Crippen molar-refractivity contribution in [3.05, 3.63) is 27.8 Å². The molecule has 0 bridgehead atoms. The van der Waals surface area contributed by atoms with Crippen molar-refractivity contribution < 1.29 is 4.79 Å². The van der Waals surface area contributed by atoms with E-state index in [-0.39, 0.29) is 24.4 Å². The Morgan fingerprint density at radius 3 is 2.90 bits per heavy atom. The van der Waals surface area contributed by atoms with E-state index >= 15 is 0 Å². The molecule has 1 aromatic rings. The summed E-state index contributed by atoms with van der Waals surface area (Å²) in [6.45, 7) is 4.29. The highest BCUT2D eigenvalue weighted by molar-refractivity contribution is 14.1. The normalized spacial score (nSPS) is 18.6. The van der Waals surface area contributed by atoms with E-state index in [9.17, 15) is 4.79 Å². The van der Waals surface area contributed by atoms with Crippen LogP contribution in [0.5, 0.6) is 0 Å². The Morgan fingerprint density at radius 1 is 1.45 bits per heavy atom. The number of benzene rings is 1. The number of rotatable bonds is 5. The third kappa shape index (κ3) is 4.60. The van der Waals surface area contributed by atoms with Crippen LogP contribution in [0.3, 0.4) is 0 Å². The van der Waals surface area contributed by atoms with Crippen LogP contribution in [-0.4, -0.2) is 29.9 Å². The molecule has 0 saturated carbocycles. The summed E-state index contributed by atoms with van der Waals surface area (Å²) in [5, 5.41) is 3.07. The van der Waals surface area contributed by atoms with Gasteiger partial charge in [0, 0.05) is 3.57 Å². The van der Waals surface area contributed by atoms with Gasteiger partial charge in [-0.25, -0.2) is 0 Å². The van der Waals surface area contributed by atoms with Crippen molar-refractivity contribution in [2.24, 2.45) is 0 Å². The number of hydrogen-bond donors (Lipinski definition) is 1. The summed E-state index contributed by atoms with van der Waals surface area (Å²) in [5.41, 5.74) is 0.926. The Hall–Kier alpha value is -0.330. The van der Waals surface area contributed by atoms with Crippen molar-refractivity contribution in [3.8, 4) is 0 Å². The van der Waals surface area contributed by atoms with Gasteiger partial charge in [0.25, 0.3) is 0 Å². The van der Waals surface area contributed by atoms with Crippen molar-refractivity contribution in [1.29, 1.82) is 0 Å². The van der Waals surface area contributed by atoms with Gasteiger partial charge in [0.05, 0.1) is 11.7 Å². The molecule has 1 aliphatic rings. The van der Waals surface area contributed by atoms with Crippen LogP contribution in [0.2, 0.25) is 0 Å². The average Bonchev–Trinajstić information content (AvgIpc) is 2.87. The standard InChI is InChI=1S/C15H21IN2O.ClH/c1-2-3-10-18-11-6-9-14(18)15(19)17-13-8-5-4-7-12(13)16;/h4-5,7-8,14H,2-3,6,9-11H2,1H3,(H,17,19);1H. The topological polar surface area (TPSA) is 32.3 Å².